The first-order valence-corrected chi connectivity index (χ1v) is 9.41. The molecule has 2 aliphatic heterocycles. The molecule has 2 N–H and O–H groups in total. The van der Waals surface area contributed by atoms with E-state index in [1.807, 2.05) is 26.0 Å². The first kappa shape index (κ1) is 17.6. The van der Waals surface area contributed by atoms with Gasteiger partial charge in [0.1, 0.15) is 29.8 Å². The summed E-state index contributed by atoms with van der Waals surface area (Å²) in [4.78, 5) is 6.30. The normalized spacial score (nSPS) is 17.9. The van der Waals surface area contributed by atoms with Crippen LogP contribution in [0, 0.1) is 5.41 Å². The van der Waals surface area contributed by atoms with Crippen LogP contribution in [0.4, 0.5) is 0 Å². The molecule has 2 aromatic rings. The highest BCUT2D eigenvalue weighted by atomic mass is 16.5. The van der Waals surface area contributed by atoms with Gasteiger partial charge in [-0.05, 0) is 43.2 Å². The molecule has 0 saturated carbocycles. The molecule has 142 valence electrons. The van der Waals surface area contributed by atoms with Gasteiger partial charge in [-0.2, -0.15) is 5.10 Å². The van der Waals surface area contributed by atoms with Crippen LogP contribution in [0.3, 0.4) is 0 Å². The number of nitrogens with one attached hydrogen (secondary N) is 2. The number of allylic oxidation sites excluding steroid dienone is 1. The third-order valence-electron chi connectivity index (χ3n) is 5.41. The Hall–Kier alpha value is -2.83. The number of hydrogen-bond acceptors (Lipinski definition) is 5. The molecule has 0 unspecified atom stereocenters. The molecule has 0 aliphatic carbocycles. The maximum absolute atomic E-state index is 8.54. The summed E-state index contributed by atoms with van der Waals surface area (Å²) in [5.74, 6) is 3.17. The summed E-state index contributed by atoms with van der Waals surface area (Å²) in [6.07, 6.45) is 4.45. The van der Waals surface area contributed by atoms with Crippen LogP contribution in [0.25, 0.3) is 5.57 Å². The molecule has 7 heteroatoms. The maximum atomic E-state index is 8.54. The molecule has 27 heavy (non-hydrogen) atoms. The van der Waals surface area contributed by atoms with Gasteiger partial charge >= 0.3 is 0 Å². The van der Waals surface area contributed by atoms with E-state index in [0.717, 1.165) is 67.4 Å². The lowest BCUT2D eigenvalue weighted by atomic mass is 10.0. The number of H-pyrrole nitrogens is 1. The molecule has 2 aliphatic rings. The molecule has 0 spiro atoms. The Balaban J connectivity index is 1.35. The van der Waals surface area contributed by atoms with E-state index in [0.29, 0.717) is 5.84 Å². The Morgan fingerprint density at radius 1 is 1.30 bits per heavy atom. The van der Waals surface area contributed by atoms with Crippen LogP contribution in [0.1, 0.15) is 38.1 Å². The fourth-order valence-electron chi connectivity index (χ4n) is 3.60. The zero-order valence-corrected chi connectivity index (χ0v) is 15.8. The predicted molar refractivity (Wildman–Crippen MR) is 103 cm³/mol. The number of aromatic amines is 1. The van der Waals surface area contributed by atoms with Crippen molar-refractivity contribution in [1.29, 1.82) is 5.41 Å². The van der Waals surface area contributed by atoms with Crippen molar-refractivity contribution in [3.8, 4) is 11.5 Å². The van der Waals surface area contributed by atoms with Crippen molar-refractivity contribution < 1.29 is 9.47 Å². The van der Waals surface area contributed by atoms with Crippen LogP contribution in [-0.2, 0) is 6.42 Å². The lowest BCUT2D eigenvalue weighted by molar-refractivity contribution is 0.131. The SMILES string of the molecule is C/C(C(=N)N1CCC(Oc2ccc3c(c2)CCO3)CC1)=C(\C)c1ncn[nH]1. The van der Waals surface area contributed by atoms with E-state index in [1.54, 1.807) is 0 Å². The van der Waals surface area contributed by atoms with Crippen LogP contribution in [-0.4, -0.2) is 51.7 Å². The molecule has 7 nitrogen and oxygen atoms in total. The van der Waals surface area contributed by atoms with E-state index in [4.69, 9.17) is 14.9 Å². The second-order valence-corrected chi connectivity index (χ2v) is 7.10. The molecule has 1 fully saturated rings. The van der Waals surface area contributed by atoms with Gasteiger partial charge in [0, 0.05) is 37.9 Å². The fraction of sp³-hybridized carbons (Fsp3) is 0.450. The van der Waals surface area contributed by atoms with Gasteiger partial charge in [-0.15, -0.1) is 0 Å². The minimum Gasteiger partial charge on any atom is -0.493 e. The van der Waals surface area contributed by atoms with Crippen molar-refractivity contribution in [3.05, 3.63) is 41.5 Å². The molecular formula is C20H25N5O2. The highest BCUT2D eigenvalue weighted by molar-refractivity contribution is 6.01. The first-order valence-electron chi connectivity index (χ1n) is 9.41. The monoisotopic (exact) mass is 367 g/mol. The van der Waals surface area contributed by atoms with Gasteiger partial charge in [-0.25, -0.2) is 4.98 Å². The third kappa shape index (κ3) is 3.67. The Labute approximate surface area is 158 Å². The van der Waals surface area contributed by atoms with Gasteiger partial charge < -0.3 is 14.4 Å². The highest BCUT2D eigenvalue weighted by Crippen LogP contribution is 2.30. The highest BCUT2D eigenvalue weighted by Gasteiger charge is 2.24. The van der Waals surface area contributed by atoms with Crippen molar-refractivity contribution in [1.82, 2.24) is 20.1 Å². The Bertz CT molecular complexity index is 851. The smallest absolute Gasteiger partial charge is 0.151 e. The predicted octanol–water partition coefficient (Wildman–Crippen LogP) is 3.05. The fourth-order valence-corrected chi connectivity index (χ4v) is 3.60. The molecule has 3 heterocycles. The topological polar surface area (TPSA) is 87.1 Å². The summed E-state index contributed by atoms with van der Waals surface area (Å²) < 4.78 is 11.7. The van der Waals surface area contributed by atoms with Crippen LogP contribution >= 0.6 is 0 Å². The molecule has 1 saturated heterocycles. The number of nitrogens with zero attached hydrogens (tertiary/aromatic N) is 3. The number of piperidine rings is 1. The van der Waals surface area contributed by atoms with E-state index >= 15 is 0 Å². The zero-order valence-electron chi connectivity index (χ0n) is 15.8. The van der Waals surface area contributed by atoms with Crippen molar-refractivity contribution in [2.75, 3.05) is 19.7 Å². The number of fused-ring (bicyclic) bond motifs is 1. The van der Waals surface area contributed by atoms with Crippen LogP contribution < -0.4 is 9.47 Å². The third-order valence-corrected chi connectivity index (χ3v) is 5.41. The van der Waals surface area contributed by atoms with Crippen molar-refractivity contribution in [2.45, 2.75) is 39.2 Å². The summed E-state index contributed by atoms with van der Waals surface area (Å²) in [5, 5.41) is 15.3. The molecule has 0 atom stereocenters. The lowest BCUT2D eigenvalue weighted by Gasteiger charge is -2.34. The number of likely N-dealkylation sites (tertiary alicyclic amines) is 1. The quantitative estimate of drug-likeness (QED) is 0.641. The van der Waals surface area contributed by atoms with Gasteiger partial charge in [-0.1, -0.05) is 0 Å². The van der Waals surface area contributed by atoms with E-state index in [-0.39, 0.29) is 6.10 Å². The number of amidine groups is 1. The number of benzene rings is 1. The summed E-state index contributed by atoms with van der Waals surface area (Å²) in [7, 11) is 0. The van der Waals surface area contributed by atoms with Crippen molar-refractivity contribution in [3.63, 3.8) is 0 Å². The Morgan fingerprint density at radius 3 is 2.85 bits per heavy atom. The summed E-state index contributed by atoms with van der Waals surface area (Å²) in [6, 6.07) is 6.10. The number of ether oxygens (including phenoxy) is 2. The van der Waals surface area contributed by atoms with Gasteiger partial charge in [0.2, 0.25) is 0 Å². The molecule has 0 radical (unpaired) electrons. The average Bonchev–Trinajstić information content (AvgIpc) is 3.38. The van der Waals surface area contributed by atoms with Gasteiger partial charge in [0.15, 0.2) is 5.82 Å². The molecule has 0 amide bonds. The van der Waals surface area contributed by atoms with Crippen LogP contribution in [0.5, 0.6) is 11.5 Å². The number of rotatable bonds is 4. The summed E-state index contributed by atoms with van der Waals surface area (Å²) in [6.45, 7) is 6.34. The average molecular weight is 367 g/mol. The van der Waals surface area contributed by atoms with E-state index < -0.39 is 0 Å². The molecule has 1 aromatic heterocycles. The second-order valence-electron chi connectivity index (χ2n) is 7.10. The van der Waals surface area contributed by atoms with Crippen molar-refractivity contribution >= 4 is 11.4 Å². The Kier molecular flexibility index (Phi) is 4.83. The van der Waals surface area contributed by atoms with Gasteiger partial charge in [0.05, 0.1) is 6.61 Å². The van der Waals surface area contributed by atoms with E-state index in [2.05, 4.69) is 26.1 Å². The summed E-state index contributed by atoms with van der Waals surface area (Å²) in [5.41, 5.74) is 3.11. The second kappa shape index (κ2) is 7.42. The van der Waals surface area contributed by atoms with Gasteiger partial charge in [0.25, 0.3) is 0 Å². The maximum Gasteiger partial charge on any atom is 0.151 e. The van der Waals surface area contributed by atoms with Gasteiger partial charge in [-0.3, -0.25) is 10.5 Å². The molecular weight excluding hydrogens is 342 g/mol. The van der Waals surface area contributed by atoms with Crippen LogP contribution in [0.15, 0.2) is 30.1 Å². The summed E-state index contributed by atoms with van der Waals surface area (Å²) >= 11 is 0. The standard InChI is InChI=1S/C20H25N5O2/c1-13(14(2)20-22-12-23-24-20)19(21)25-8-5-16(6-9-25)27-17-3-4-18-15(11-17)7-10-26-18/h3-4,11-12,16,21H,5-10H2,1-2H3,(H,22,23,24)/b14-13-,21-19?. The minimum atomic E-state index is 0.189. The molecule has 1 aromatic carbocycles. The van der Waals surface area contributed by atoms with Crippen LogP contribution in [0.2, 0.25) is 0 Å². The number of aromatic nitrogens is 3. The zero-order chi connectivity index (χ0) is 18.8. The van der Waals surface area contributed by atoms with E-state index in [9.17, 15) is 0 Å². The largest absolute Gasteiger partial charge is 0.493 e. The molecule has 0 bridgehead atoms. The number of hydrogen-bond donors (Lipinski definition) is 2. The molecule has 4 rings (SSSR count). The first-order chi connectivity index (χ1) is 13.1. The van der Waals surface area contributed by atoms with Crippen molar-refractivity contribution in [2.24, 2.45) is 0 Å². The lowest BCUT2D eigenvalue weighted by Crippen LogP contribution is -2.42. The minimum absolute atomic E-state index is 0.189. The Morgan fingerprint density at radius 2 is 2.11 bits per heavy atom. The van der Waals surface area contributed by atoms with E-state index in [1.165, 1.54) is 11.9 Å².